The second-order valence-electron chi connectivity index (χ2n) is 16.0. The Bertz CT molecular complexity index is 2370. The van der Waals surface area contributed by atoms with Crippen molar-refractivity contribution in [2.75, 3.05) is 18.5 Å². The largest absolute Gasteiger partial charge is 0.448 e. The van der Waals surface area contributed by atoms with Crippen LogP contribution in [0.1, 0.15) is 73.8 Å². The zero-order valence-corrected chi connectivity index (χ0v) is 33.2. The number of H-pyrrole nitrogens is 1. The van der Waals surface area contributed by atoms with E-state index >= 15 is 0 Å². The van der Waals surface area contributed by atoms with Crippen LogP contribution in [0.3, 0.4) is 0 Å². The molecule has 1 aliphatic heterocycles. The second-order valence-corrected chi connectivity index (χ2v) is 16.0. The lowest BCUT2D eigenvalue weighted by Crippen LogP contribution is -2.56. The first-order chi connectivity index (χ1) is 27.8. The summed E-state index contributed by atoms with van der Waals surface area (Å²) in [5.41, 5.74) is 7.14. The number of anilines is 1. The summed E-state index contributed by atoms with van der Waals surface area (Å²) >= 11 is 0. The summed E-state index contributed by atoms with van der Waals surface area (Å²) in [7, 11) is 0. The van der Waals surface area contributed by atoms with Crippen molar-refractivity contribution < 1.29 is 28.7 Å². The number of hydrogen-bond acceptors (Lipinski definition) is 7. The molecule has 1 aromatic heterocycles. The fourth-order valence-electron chi connectivity index (χ4n) is 7.88. The van der Waals surface area contributed by atoms with Gasteiger partial charge in [-0.1, -0.05) is 78.9 Å². The molecule has 0 unspecified atom stereocenters. The van der Waals surface area contributed by atoms with E-state index in [0.29, 0.717) is 30.6 Å². The molecule has 0 radical (unpaired) electrons. The number of rotatable bonds is 11. The fraction of sp³-hybridized carbons (Fsp3) is 0.326. The maximum Gasteiger partial charge on any atom is 0.410 e. The molecule has 7 rings (SSSR count). The van der Waals surface area contributed by atoms with Gasteiger partial charge in [0.25, 0.3) is 0 Å². The number of unbranched alkanes of at least 4 members (excludes halogenated alkanes) is 1. The minimum absolute atomic E-state index is 0.0955. The Balaban J connectivity index is 1.08. The highest BCUT2D eigenvalue weighted by molar-refractivity contribution is 5.99. The Morgan fingerprint density at radius 2 is 1.53 bits per heavy atom. The van der Waals surface area contributed by atoms with Crippen LogP contribution in [0.5, 0.6) is 0 Å². The molecule has 0 saturated carbocycles. The van der Waals surface area contributed by atoms with E-state index in [-0.39, 0.29) is 37.5 Å². The van der Waals surface area contributed by atoms with Crippen LogP contribution in [0.4, 0.5) is 15.3 Å². The molecule has 4 N–H and O–H groups in total. The maximum absolute atomic E-state index is 14.4. The first-order valence-electron chi connectivity index (χ1n) is 19.7. The summed E-state index contributed by atoms with van der Waals surface area (Å²) in [6.07, 6.45) is 0.306. The van der Waals surface area contributed by atoms with Gasteiger partial charge < -0.3 is 30.4 Å². The number of nitrogens with zero attached hydrogens (tertiary/aromatic N) is 1. The van der Waals surface area contributed by atoms with Crippen LogP contribution >= 0.6 is 0 Å². The van der Waals surface area contributed by atoms with Crippen molar-refractivity contribution in [3.05, 3.63) is 135 Å². The Morgan fingerprint density at radius 3 is 2.24 bits per heavy atom. The van der Waals surface area contributed by atoms with Gasteiger partial charge in [-0.3, -0.25) is 19.3 Å². The van der Waals surface area contributed by atoms with Crippen molar-refractivity contribution in [2.45, 2.75) is 83.5 Å². The lowest BCUT2D eigenvalue weighted by Gasteiger charge is -2.36. The van der Waals surface area contributed by atoms with Crippen molar-refractivity contribution in [3.63, 3.8) is 0 Å². The number of fused-ring (bicyclic) bond motifs is 5. The first kappa shape index (κ1) is 39.8. The van der Waals surface area contributed by atoms with E-state index in [1.54, 1.807) is 32.9 Å². The molecule has 2 atom stereocenters. The normalized spacial score (nSPS) is 15.1. The molecule has 5 aromatic rings. The molecule has 12 heteroatoms. The number of benzene rings is 4. The van der Waals surface area contributed by atoms with E-state index in [1.807, 2.05) is 61.5 Å². The van der Waals surface area contributed by atoms with E-state index in [4.69, 9.17) is 9.47 Å². The molecule has 0 bridgehead atoms. The predicted octanol–water partition coefficient (Wildman–Crippen LogP) is 7.33. The smallest absolute Gasteiger partial charge is 0.410 e. The number of carbonyl (C=O) groups excluding carboxylic acids is 4. The highest BCUT2D eigenvalue weighted by Crippen LogP contribution is 2.44. The van der Waals surface area contributed by atoms with Gasteiger partial charge in [-0.15, -0.1) is 0 Å². The second kappa shape index (κ2) is 17.0. The monoisotopic (exact) mass is 783 g/mol. The Labute approximate surface area is 337 Å². The molecule has 1 aliphatic carbocycles. The van der Waals surface area contributed by atoms with Crippen LogP contribution in [0, 0.1) is 6.92 Å². The molecule has 2 heterocycles. The summed E-state index contributed by atoms with van der Waals surface area (Å²) < 4.78 is 11.4. The molecule has 12 nitrogen and oxygen atoms in total. The molecule has 2 aliphatic rings. The maximum atomic E-state index is 14.4. The number of pyridine rings is 1. The van der Waals surface area contributed by atoms with Gasteiger partial charge in [0.2, 0.25) is 17.4 Å². The van der Waals surface area contributed by atoms with E-state index in [9.17, 15) is 24.0 Å². The summed E-state index contributed by atoms with van der Waals surface area (Å²) in [4.78, 5) is 71.1. The third-order valence-corrected chi connectivity index (χ3v) is 10.7. The Morgan fingerprint density at radius 1 is 0.862 bits per heavy atom. The SMILES string of the molecule is Cc1cc(=O)[nH]c2cc(NC(=O)[C@H](CCCCNC(=O)OC(C)(C)C)NC(=O)[C@@H]3Cc4ccccc4CN3C(=O)OCC3c4ccccc4-c4ccccc43)ccc12. The summed E-state index contributed by atoms with van der Waals surface area (Å²) in [6.45, 7) is 7.76. The first-order valence-corrected chi connectivity index (χ1v) is 19.7. The number of nitrogens with one attached hydrogen (secondary N) is 4. The van der Waals surface area contributed by atoms with Gasteiger partial charge in [0.1, 0.15) is 24.3 Å². The van der Waals surface area contributed by atoms with Crippen LogP contribution < -0.4 is 21.5 Å². The van der Waals surface area contributed by atoms with Crippen LogP contribution in [0.15, 0.2) is 102 Å². The van der Waals surface area contributed by atoms with Crippen molar-refractivity contribution in [3.8, 4) is 11.1 Å². The quantitative estimate of drug-likeness (QED) is 0.102. The molecule has 300 valence electrons. The predicted molar refractivity (Wildman–Crippen MR) is 222 cm³/mol. The van der Waals surface area contributed by atoms with Crippen molar-refractivity contribution in [2.24, 2.45) is 0 Å². The number of hydrogen-bond donors (Lipinski definition) is 4. The summed E-state index contributed by atoms with van der Waals surface area (Å²) in [5, 5.41) is 9.45. The molecule has 0 saturated heterocycles. The van der Waals surface area contributed by atoms with Gasteiger partial charge in [0.15, 0.2) is 0 Å². The number of ether oxygens (including phenoxy) is 2. The van der Waals surface area contributed by atoms with E-state index in [0.717, 1.165) is 44.3 Å². The fourth-order valence-corrected chi connectivity index (χ4v) is 7.88. The molecule has 0 spiro atoms. The van der Waals surface area contributed by atoms with Gasteiger partial charge in [-0.05, 0) is 98.0 Å². The van der Waals surface area contributed by atoms with E-state index in [2.05, 4.69) is 45.2 Å². The van der Waals surface area contributed by atoms with Crippen molar-refractivity contribution >= 4 is 40.6 Å². The van der Waals surface area contributed by atoms with Crippen LogP contribution in [-0.2, 0) is 32.0 Å². The zero-order valence-electron chi connectivity index (χ0n) is 33.2. The molecule has 4 amide bonds. The van der Waals surface area contributed by atoms with Crippen molar-refractivity contribution in [1.82, 2.24) is 20.5 Å². The minimum Gasteiger partial charge on any atom is -0.448 e. The number of aromatic amines is 1. The van der Waals surface area contributed by atoms with Gasteiger partial charge in [-0.2, -0.15) is 0 Å². The lowest BCUT2D eigenvalue weighted by molar-refractivity contribution is -0.130. The highest BCUT2D eigenvalue weighted by atomic mass is 16.6. The third-order valence-electron chi connectivity index (χ3n) is 10.7. The number of alkyl carbamates (subject to hydrolysis) is 1. The van der Waals surface area contributed by atoms with Gasteiger partial charge in [0.05, 0.1) is 12.1 Å². The average Bonchev–Trinajstić information content (AvgIpc) is 3.51. The van der Waals surface area contributed by atoms with Crippen molar-refractivity contribution in [1.29, 1.82) is 0 Å². The number of aryl methyl sites for hydroxylation is 1. The van der Waals surface area contributed by atoms with Crippen LogP contribution in [0.2, 0.25) is 0 Å². The number of carbonyl (C=O) groups is 4. The lowest BCUT2D eigenvalue weighted by atomic mass is 9.93. The Kier molecular flexibility index (Phi) is 11.6. The van der Waals surface area contributed by atoms with Gasteiger partial charge >= 0.3 is 12.2 Å². The van der Waals surface area contributed by atoms with Gasteiger partial charge in [-0.25, -0.2) is 9.59 Å². The van der Waals surface area contributed by atoms with Crippen LogP contribution in [0.25, 0.3) is 22.0 Å². The van der Waals surface area contributed by atoms with Crippen LogP contribution in [-0.4, -0.2) is 64.7 Å². The van der Waals surface area contributed by atoms with E-state index < -0.39 is 41.7 Å². The van der Waals surface area contributed by atoms with E-state index in [1.165, 1.54) is 11.0 Å². The average molecular weight is 784 g/mol. The Hall–Kier alpha value is -6.43. The number of aromatic nitrogens is 1. The molecule has 4 aromatic carbocycles. The molecule has 0 fully saturated rings. The molecular weight excluding hydrogens is 735 g/mol. The standard InChI is InChI=1S/C46H49N5O7/c1-28-23-41(52)49-39-25-31(20-21-32(28)39)48-42(53)38(19-11-12-22-47-44(55)58-46(2,3)4)50-43(54)40-24-29-13-5-6-14-30(29)26-51(40)45(56)57-27-37-35-17-9-7-15-33(35)34-16-8-10-18-36(34)37/h5-10,13-18,20-21,23,25,37-38,40H,11-12,19,22,24,26-27H2,1-4H3,(H,47,55)(H,48,53)(H,49,52)(H,50,54)/t38-,40-/m0/s1. The number of amides is 4. The zero-order chi connectivity index (χ0) is 41.0. The summed E-state index contributed by atoms with van der Waals surface area (Å²) in [5.74, 6) is -1.12. The highest BCUT2D eigenvalue weighted by Gasteiger charge is 2.38. The topological polar surface area (TPSA) is 159 Å². The summed E-state index contributed by atoms with van der Waals surface area (Å²) in [6, 6.07) is 28.7. The van der Waals surface area contributed by atoms with Gasteiger partial charge in [0, 0.05) is 36.0 Å². The third kappa shape index (κ3) is 9.07. The molecule has 58 heavy (non-hydrogen) atoms. The molecular formula is C46H49N5O7. The minimum atomic E-state index is -0.997.